The van der Waals surface area contributed by atoms with E-state index in [1.165, 1.54) is 0 Å². The van der Waals surface area contributed by atoms with Gasteiger partial charge in [0.05, 0.1) is 18.7 Å². The van der Waals surface area contributed by atoms with Gasteiger partial charge in [-0.1, -0.05) is 0 Å². The molecule has 0 unspecified atom stereocenters. The number of pyridine rings is 1. The third-order valence-corrected chi connectivity index (χ3v) is 2.82. The lowest BCUT2D eigenvalue weighted by Gasteiger charge is -2.25. The molecule has 0 radical (unpaired) electrons. The van der Waals surface area contributed by atoms with Gasteiger partial charge in [-0.2, -0.15) is 5.10 Å². The summed E-state index contributed by atoms with van der Waals surface area (Å²) in [5.41, 5.74) is 1.80. The molecule has 0 aromatic carbocycles. The molecule has 6 nitrogen and oxygen atoms in total. The van der Waals surface area contributed by atoms with E-state index in [2.05, 4.69) is 15.2 Å². The molecule has 6 heteroatoms. The van der Waals surface area contributed by atoms with E-state index < -0.39 is 0 Å². The molecule has 88 valence electrons. The number of hydrogen-bond donors (Lipinski definition) is 1. The number of amides is 1. The highest BCUT2D eigenvalue weighted by molar-refractivity contribution is 6.02. The average molecular weight is 232 g/mol. The molecule has 3 rings (SSSR count). The number of carbonyl (C=O) groups excluding carboxylic acids is 1. The predicted molar refractivity (Wildman–Crippen MR) is 60.6 cm³/mol. The quantitative estimate of drug-likeness (QED) is 0.774. The van der Waals surface area contributed by atoms with E-state index in [1.54, 1.807) is 11.1 Å². The number of aromatic nitrogens is 3. The fourth-order valence-electron chi connectivity index (χ4n) is 1.92. The van der Waals surface area contributed by atoms with Crippen LogP contribution in [0.1, 0.15) is 10.5 Å². The maximum atomic E-state index is 12.2. The van der Waals surface area contributed by atoms with Gasteiger partial charge in [0.1, 0.15) is 5.52 Å². The summed E-state index contributed by atoms with van der Waals surface area (Å²) < 4.78 is 5.22. The largest absolute Gasteiger partial charge is 0.378 e. The molecule has 2 aromatic rings. The molecule has 1 fully saturated rings. The van der Waals surface area contributed by atoms with Crippen LogP contribution in [0, 0.1) is 0 Å². The van der Waals surface area contributed by atoms with Crippen LogP contribution < -0.4 is 0 Å². The number of hydrogen-bond acceptors (Lipinski definition) is 4. The Bertz CT molecular complexity index is 545. The summed E-state index contributed by atoms with van der Waals surface area (Å²) in [5.74, 6) is -0.0850. The molecule has 0 spiro atoms. The third-order valence-electron chi connectivity index (χ3n) is 2.82. The molecular formula is C11H12N4O2. The Hall–Kier alpha value is -1.95. The summed E-state index contributed by atoms with van der Waals surface area (Å²) in [6.45, 7) is 2.39. The van der Waals surface area contributed by atoms with Gasteiger partial charge >= 0.3 is 0 Å². The normalized spacial score (nSPS) is 16.4. The van der Waals surface area contributed by atoms with Crippen LogP contribution in [0.3, 0.4) is 0 Å². The molecule has 1 saturated heterocycles. The van der Waals surface area contributed by atoms with Crippen molar-refractivity contribution < 1.29 is 9.53 Å². The van der Waals surface area contributed by atoms with Gasteiger partial charge in [0.15, 0.2) is 5.69 Å². The Morgan fingerprint density at radius 2 is 2.24 bits per heavy atom. The van der Waals surface area contributed by atoms with E-state index in [0.717, 1.165) is 5.52 Å². The average Bonchev–Trinajstić information content (AvgIpc) is 2.83. The zero-order chi connectivity index (χ0) is 11.7. The molecule has 0 atom stereocenters. The molecule has 3 heterocycles. The van der Waals surface area contributed by atoms with E-state index in [1.807, 2.05) is 12.1 Å². The minimum atomic E-state index is -0.0850. The molecule has 2 aromatic heterocycles. The number of nitrogens with zero attached hydrogens (tertiary/aromatic N) is 3. The van der Waals surface area contributed by atoms with Gasteiger partial charge < -0.3 is 9.64 Å². The van der Waals surface area contributed by atoms with Crippen molar-refractivity contribution in [3.05, 3.63) is 24.0 Å². The molecule has 0 aliphatic carbocycles. The van der Waals surface area contributed by atoms with Crippen LogP contribution >= 0.6 is 0 Å². The molecule has 0 bridgehead atoms. The zero-order valence-corrected chi connectivity index (χ0v) is 9.22. The second kappa shape index (κ2) is 4.14. The number of morpholine rings is 1. The third kappa shape index (κ3) is 1.76. The molecule has 1 N–H and O–H groups in total. The first-order valence-corrected chi connectivity index (χ1v) is 5.52. The van der Waals surface area contributed by atoms with Crippen molar-refractivity contribution in [2.45, 2.75) is 0 Å². The number of fused-ring (bicyclic) bond motifs is 1. The fraction of sp³-hybridized carbons (Fsp3) is 0.364. The molecule has 1 amide bonds. The van der Waals surface area contributed by atoms with Crippen molar-refractivity contribution >= 4 is 16.9 Å². The summed E-state index contributed by atoms with van der Waals surface area (Å²) in [6, 6.07) is 3.66. The highest BCUT2D eigenvalue weighted by Gasteiger charge is 2.23. The van der Waals surface area contributed by atoms with Gasteiger partial charge in [0.2, 0.25) is 0 Å². The highest BCUT2D eigenvalue weighted by Crippen LogP contribution is 2.14. The number of H-pyrrole nitrogens is 1. The molecule has 0 saturated carbocycles. The minimum Gasteiger partial charge on any atom is -0.378 e. The smallest absolute Gasteiger partial charge is 0.276 e. The number of aromatic amines is 1. The van der Waals surface area contributed by atoms with Crippen LogP contribution in [0.15, 0.2) is 18.3 Å². The van der Waals surface area contributed by atoms with Crippen LogP contribution in [0.25, 0.3) is 11.0 Å². The Balaban J connectivity index is 1.95. The van der Waals surface area contributed by atoms with Gasteiger partial charge in [-0.25, -0.2) is 0 Å². The van der Waals surface area contributed by atoms with E-state index >= 15 is 0 Å². The lowest BCUT2D eigenvalue weighted by atomic mass is 10.2. The summed E-state index contributed by atoms with van der Waals surface area (Å²) in [4.78, 5) is 18.2. The first kappa shape index (κ1) is 10.2. The van der Waals surface area contributed by atoms with E-state index in [-0.39, 0.29) is 5.91 Å². The maximum absolute atomic E-state index is 12.2. The Kier molecular flexibility index (Phi) is 2.49. The maximum Gasteiger partial charge on any atom is 0.276 e. The number of carbonyl (C=O) groups is 1. The van der Waals surface area contributed by atoms with Gasteiger partial charge in [-0.3, -0.25) is 14.9 Å². The van der Waals surface area contributed by atoms with Crippen LogP contribution in [0.2, 0.25) is 0 Å². The van der Waals surface area contributed by atoms with Crippen molar-refractivity contribution in [3.8, 4) is 0 Å². The summed E-state index contributed by atoms with van der Waals surface area (Å²) >= 11 is 0. The standard InChI is InChI=1S/C11H12N4O2/c16-11(15-4-6-17-7-5-15)10-9-8(13-14-10)2-1-3-12-9/h1-3H,4-7H2,(H,13,14). The van der Waals surface area contributed by atoms with Crippen molar-refractivity contribution in [3.63, 3.8) is 0 Å². The topological polar surface area (TPSA) is 71.1 Å². The van der Waals surface area contributed by atoms with Crippen molar-refractivity contribution in [1.82, 2.24) is 20.1 Å². The lowest BCUT2D eigenvalue weighted by molar-refractivity contribution is 0.0300. The van der Waals surface area contributed by atoms with Gasteiger partial charge in [-0.05, 0) is 12.1 Å². The van der Waals surface area contributed by atoms with Gasteiger partial charge in [0.25, 0.3) is 5.91 Å². The number of rotatable bonds is 1. The zero-order valence-electron chi connectivity index (χ0n) is 9.22. The van der Waals surface area contributed by atoms with E-state index in [9.17, 15) is 4.79 Å². The Morgan fingerprint density at radius 3 is 3.06 bits per heavy atom. The monoisotopic (exact) mass is 232 g/mol. The molecule has 1 aliphatic rings. The Labute approximate surface area is 97.6 Å². The van der Waals surface area contributed by atoms with Gasteiger partial charge in [0, 0.05) is 19.3 Å². The second-order valence-electron chi connectivity index (χ2n) is 3.88. The van der Waals surface area contributed by atoms with E-state index in [0.29, 0.717) is 37.5 Å². The highest BCUT2D eigenvalue weighted by atomic mass is 16.5. The lowest BCUT2D eigenvalue weighted by Crippen LogP contribution is -2.40. The van der Waals surface area contributed by atoms with Crippen LogP contribution in [-0.4, -0.2) is 52.3 Å². The number of ether oxygens (including phenoxy) is 1. The summed E-state index contributed by atoms with van der Waals surface area (Å²) in [5, 5.41) is 6.87. The van der Waals surface area contributed by atoms with Crippen LogP contribution in [-0.2, 0) is 4.74 Å². The minimum absolute atomic E-state index is 0.0850. The van der Waals surface area contributed by atoms with Crippen molar-refractivity contribution in [1.29, 1.82) is 0 Å². The summed E-state index contributed by atoms with van der Waals surface area (Å²) in [6.07, 6.45) is 1.66. The molecule has 17 heavy (non-hydrogen) atoms. The first-order valence-electron chi connectivity index (χ1n) is 5.52. The number of nitrogens with one attached hydrogen (secondary N) is 1. The van der Waals surface area contributed by atoms with Crippen LogP contribution in [0.4, 0.5) is 0 Å². The van der Waals surface area contributed by atoms with E-state index in [4.69, 9.17) is 4.74 Å². The van der Waals surface area contributed by atoms with Gasteiger partial charge in [-0.15, -0.1) is 0 Å². The first-order chi connectivity index (χ1) is 8.36. The van der Waals surface area contributed by atoms with Crippen molar-refractivity contribution in [2.75, 3.05) is 26.3 Å². The predicted octanol–water partition coefficient (Wildman–Crippen LogP) is 0.430. The SMILES string of the molecule is O=C(c1n[nH]c2cccnc12)N1CCOCC1. The van der Waals surface area contributed by atoms with Crippen molar-refractivity contribution in [2.24, 2.45) is 0 Å². The van der Waals surface area contributed by atoms with Crippen LogP contribution in [0.5, 0.6) is 0 Å². The molecular weight excluding hydrogens is 220 g/mol. The molecule has 1 aliphatic heterocycles. The second-order valence-corrected chi connectivity index (χ2v) is 3.88. The Morgan fingerprint density at radius 1 is 1.41 bits per heavy atom. The summed E-state index contributed by atoms with van der Waals surface area (Å²) in [7, 11) is 0. The fourth-order valence-corrected chi connectivity index (χ4v) is 1.92.